The van der Waals surface area contributed by atoms with Crippen molar-refractivity contribution in [2.24, 2.45) is 0 Å². The second-order valence-corrected chi connectivity index (χ2v) is 5.78. The Morgan fingerprint density at radius 2 is 2.27 bits per heavy atom. The summed E-state index contributed by atoms with van der Waals surface area (Å²) in [5.41, 5.74) is 0.664. The fraction of sp³-hybridized carbons (Fsp3) is 0.400. The molecule has 1 aromatic carbocycles. The van der Waals surface area contributed by atoms with Crippen molar-refractivity contribution in [3.63, 3.8) is 0 Å². The fourth-order valence-electron chi connectivity index (χ4n) is 2.17. The summed E-state index contributed by atoms with van der Waals surface area (Å²) in [5, 5.41) is 8.36. The molecule has 7 heteroatoms. The summed E-state index contributed by atoms with van der Waals surface area (Å²) in [7, 11) is 1.56. The molecule has 1 atom stereocenters. The summed E-state index contributed by atoms with van der Waals surface area (Å²) in [6.45, 7) is 1.94. The highest BCUT2D eigenvalue weighted by Crippen LogP contribution is 2.42. The van der Waals surface area contributed by atoms with Crippen LogP contribution in [0.25, 0.3) is 0 Å². The molecule has 22 heavy (non-hydrogen) atoms. The Morgan fingerprint density at radius 3 is 2.91 bits per heavy atom. The molecule has 0 radical (unpaired) electrons. The van der Waals surface area contributed by atoms with Crippen molar-refractivity contribution in [3.05, 3.63) is 18.2 Å². The lowest BCUT2D eigenvalue weighted by Crippen LogP contribution is -2.42. The normalized spacial score (nSPS) is 16.7. The number of fused-ring (bicyclic) bond motifs is 1. The SMILES string of the molecule is CCOC(=O)CC1Sc2cc(OC)ccc2N(CC#N)C1=O. The van der Waals surface area contributed by atoms with Crippen LogP contribution in [0.4, 0.5) is 5.69 Å². The minimum absolute atomic E-state index is 0.0179. The first-order valence-corrected chi connectivity index (χ1v) is 7.67. The molecule has 0 saturated carbocycles. The summed E-state index contributed by atoms with van der Waals surface area (Å²) in [4.78, 5) is 26.4. The van der Waals surface area contributed by atoms with Crippen molar-refractivity contribution < 1.29 is 19.1 Å². The maximum absolute atomic E-state index is 12.5. The van der Waals surface area contributed by atoms with E-state index < -0.39 is 11.2 Å². The highest BCUT2D eigenvalue weighted by Gasteiger charge is 2.35. The monoisotopic (exact) mass is 320 g/mol. The molecular weight excluding hydrogens is 304 g/mol. The van der Waals surface area contributed by atoms with Crippen molar-refractivity contribution >= 4 is 29.3 Å². The Morgan fingerprint density at radius 1 is 1.50 bits per heavy atom. The number of hydrogen-bond acceptors (Lipinski definition) is 6. The molecule has 0 fully saturated rings. The van der Waals surface area contributed by atoms with Gasteiger partial charge in [0.2, 0.25) is 5.91 Å². The zero-order valence-electron chi connectivity index (χ0n) is 12.4. The Balaban J connectivity index is 2.31. The zero-order chi connectivity index (χ0) is 16.1. The number of amides is 1. The van der Waals surface area contributed by atoms with E-state index in [1.165, 1.54) is 16.7 Å². The lowest BCUT2D eigenvalue weighted by atomic mass is 10.2. The molecule has 0 spiro atoms. The van der Waals surface area contributed by atoms with Gasteiger partial charge >= 0.3 is 5.97 Å². The van der Waals surface area contributed by atoms with Crippen molar-refractivity contribution in [1.29, 1.82) is 5.26 Å². The van der Waals surface area contributed by atoms with Crippen LogP contribution >= 0.6 is 11.8 Å². The molecule has 0 aromatic heterocycles. The van der Waals surface area contributed by atoms with Gasteiger partial charge in [-0.25, -0.2) is 0 Å². The van der Waals surface area contributed by atoms with E-state index in [9.17, 15) is 9.59 Å². The van der Waals surface area contributed by atoms with E-state index in [2.05, 4.69) is 0 Å². The van der Waals surface area contributed by atoms with E-state index in [0.29, 0.717) is 11.4 Å². The number of thioether (sulfide) groups is 1. The van der Waals surface area contributed by atoms with E-state index in [4.69, 9.17) is 14.7 Å². The molecule has 1 unspecified atom stereocenters. The van der Waals surface area contributed by atoms with Gasteiger partial charge in [-0.1, -0.05) is 0 Å². The minimum Gasteiger partial charge on any atom is -0.497 e. The molecular formula is C15H16N2O4S. The molecule has 2 rings (SSSR count). The first-order valence-electron chi connectivity index (χ1n) is 6.79. The van der Waals surface area contributed by atoms with Gasteiger partial charge < -0.3 is 9.47 Å². The topological polar surface area (TPSA) is 79.6 Å². The van der Waals surface area contributed by atoms with Crippen LogP contribution in [-0.2, 0) is 14.3 Å². The first-order chi connectivity index (χ1) is 10.6. The molecule has 1 amide bonds. The quantitative estimate of drug-likeness (QED) is 0.609. The summed E-state index contributed by atoms with van der Waals surface area (Å²) in [6.07, 6.45) is -0.0179. The number of carbonyl (C=O) groups is 2. The van der Waals surface area contributed by atoms with Crippen LogP contribution in [0, 0.1) is 11.3 Å². The largest absolute Gasteiger partial charge is 0.497 e. The highest BCUT2D eigenvalue weighted by molar-refractivity contribution is 8.01. The summed E-state index contributed by atoms with van der Waals surface area (Å²) < 4.78 is 10.1. The zero-order valence-corrected chi connectivity index (χ0v) is 13.2. The number of rotatable bonds is 5. The van der Waals surface area contributed by atoms with Crippen LogP contribution in [0.1, 0.15) is 13.3 Å². The second-order valence-electron chi connectivity index (χ2n) is 4.53. The lowest BCUT2D eigenvalue weighted by Gasteiger charge is -2.32. The van der Waals surface area contributed by atoms with Crippen LogP contribution in [0.5, 0.6) is 5.75 Å². The molecule has 1 aliphatic rings. The summed E-state index contributed by atoms with van der Waals surface area (Å²) >= 11 is 1.30. The standard InChI is InChI=1S/C15H16N2O4S/c1-3-21-14(18)9-13-15(19)17(7-6-16)11-5-4-10(20-2)8-12(11)22-13/h4-5,8,13H,3,7,9H2,1-2H3. The third-order valence-corrected chi connectivity index (χ3v) is 4.39. The van der Waals surface area contributed by atoms with Crippen LogP contribution in [-0.4, -0.2) is 37.4 Å². The Bertz CT molecular complexity index is 626. The van der Waals surface area contributed by atoms with Gasteiger partial charge in [0.05, 0.1) is 37.1 Å². The van der Waals surface area contributed by atoms with Gasteiger partial charge in [-0.2, -0.15) is 5.26 Å². The molecule has 1 aliphatic heterocycles. The molecule has 6 nitrogen and oxygen atoms in total. The summed E-state index contributed by atoms with van der Waals surface area (Å²) in [6, 6.07) is 7.27. The number of ether oxygens (including phenoxy) is 2. The number of esters is 1. The predicted octanol–water partition coefficient (Wildman–Crippen LogP) is 1.98. The Labute approximate surface area is 133 Å². The van der Waals surface area contributed by atoms with Crippen molar-refractivity contribution in [1.82, 2.24) is 0 Å². The van der Waals surface area contributed by atoms with Gasteiger partial charge in [-0.05, 0) is 25.1 Å². The van der Waals surface area contributed by atoms with E-state index >= 15 is 0 Å². The maximum atomic E-state index is 12.5. The number of nitrogens with zero attached hydrogens (tertiary/aromatic N) is 2. The number of benzene rings is 1. The average molecular weight is 320 g/mol. The van der Waals surface area contributed by atoms with Crippen molar-refractivity contribution in [3.8, 4) is 11.8 Å². The van der Waals surface area contributed by atoms with Gasteiger partial charge in [0.1, 0.15) is 12.3 Å². The van der Waals surface area contributed by atoms with E-state index in [1.807, 2.05) is 6.07 Å². The van der Waals surface area contributed by atoms with Crippen LogP contribution in [0.15, 0.2) is 23.1 Å². The van der Waals surface area contributed by atoms with Gasteiger partial charge in [0.25, 0.3) is 0 Å². The first kappa shape index (κ1) is 16.2. The third kappa shape index (κ3) is 3.34. The lowest BCUT2D eigenvalue weighted by molar-refractivity contribution is -0.144. The van der Waals surface area contributed by atoms with E-state index in [-0.39, 0.29) is 25.5 Å². The third-order valence-electron chi connectivity index (χ3n) is 3.15. The fourth-order valence-corrected chi connectivity index (χ4v) is 3.41. The van der Waals surface area contributed by atoms with Crippen LogP contribution in [0.3, 0.4) is 0 Å². The van der Waals surface area contributed by atoms with Crippen LogP contribution in [0.2, 0.25) is 0 Å². The number of hydrogen-bond donors (Lipinski definition) is 0. The molecule has 0 saturated heterocycles. The molecule has 0 aliphatic carbocycles. The maximum Gasteiger partial charge on any atom is 0.307 e. The van der Waals surface area contributed by atoms with Gasteiger partial charge in [-0.3, -0.25) is 14.5 Å². The van der Waals surface area contributed by atoms with Crippen molar-refractivity contribution in [2.75, 3.05) is 25.2 Å². The molecule has 0 N–H and O–H groups in total. The molecule has 0 bridgehead atoms. The Hall–Kier alpha value is -2.20. The number of carbonyl (C=O) groups excluding carboxylic acids is 2. The molecule has 1 aromatic rings. The van der Waals surface area contributed by atoms with Crippen molar-refractivity contribution in [2.45, 2.75) is 23.5 Å². The molecule has 1 heterocycles. The van der Waals surface area contributed by atoms with E-state index in [0.717, 1.165) is 4.90 Å². The van der Waals surface area contributed by atoms with Gasteiger partial charge in [-0.15, -0.1) is 11.8 Å². The van der Waals surface area contributed by atoms with E-state index in [1.54, 1.807) is 32.2 Å². The highest BCUT2D eigenvalue weighted by atomic mass is 32.2. The second kappa shape index (κ2) is 7.18. The molecule has 116 valence electrons. The minimum atomic E-state index is -0.591. The average Bonchev–Trinajstić information content (AvgIpc) is 2.51. The Kier molecular flexibility index (Phi) is 5.28. The summed E-state index contributed by atoms with van der Waals surface area (Å²) in [5.74, 6) is -0.0127. The number of nitriles is 1. The number of methoxy groups -OCH3 is 1. The smallest absolute Gasteiger partial charge is 0.307 e. The van der Waals surface area contributed by atoms with Crippen LogP contribution < -0.4 is 9.64 Å². The van der Waals surface area contributed by atoms with Gasteiger partial charge in [0, 0.05) is 4.90 Å². The number of anilines is 1. The predicted molar refractivity (Wildman–Crippen MR) is 81.9 cm³/mol. The van der Waals surface area contributed by atoms with Gasteiger partial charge in [0.15, 0.2) is 0 Å².